The first-order valence-corrected chi connectivity index (χ1v) is 10.1. The molecule has 0 amide bonds. The largest absolute Gasteiger partial charge is 0.396 e. The van der Waals surface area contributed by atoms with Crippen molar-refractivity contribution >= 4 is 11.0 Å². The van der Waals surface area contributed by atoms with Crippen LogP contribution in [0.4, 0.5) is 0 Å². The number of benzene rings is 3. The van der Waals surface area contributed by atoms with Crippen LogP contribution in [0, 0.1) is 0 Å². The Labute approximate surface area is 171 Å². The molecule has 3 aromatic carbocycles. The van der Waals surface area contributed by atoms with E-state index < -0.39 is 5.60 Å². The van der Waals surface area contributed by atoms with Gasteiger partial charge < -0.3 is 14.8 Å². The summed E-state index contributed by atoms with van der Waals surface area (Å²) in [4.78, 5) is 4.89. The standard InChI is InChI=1S/C25H26N2O2/c1-2-27-23-18-19(10-9-17-28)15-16-22(23)26-24(27)25(29,20-11-5-3-6-12-20)21-13-7-4-8-14-21/h3-8,11-16,18,28-29H,2,9-10,17H2,1H3. The molecular formula is C25H26N2O2. The minimum Gasteiger partial charge on any atom is -0.396 e. The summed E-state index contributed by atoms with van der Waals surface area (Å²) in [5.41, 5.74) is 3.25. The van der Waals surface area contributed by atoms with Crippen LogP contribution in [0.1, 0.15) is 35.9 Å². The molecule has 1 heterocycles. The van der Waals surface area contributed by atoms with E-state index in [0.717, 1.165) is 40.6 Å². The van der Waals surface area contributed by atoms with Crippen LogP contribution in [0.5, 0.6) is 0 Å². The average molecular weight is 386 g/mol. The van der Waals surface area contributed by atoms with Gasteiger partial charge in [-0.2, -0.15) is 0 Å². The van der Waals surface area contributed by atoms with Gasteiger partial charge in [0, 0.05) is 13.2 Å². The maximum Gasteiger partial charge on any atom is 0.173 e. The molecule has 0 atom stereocenters. The van der Waals surface area contributed by atoms with Crippen molar-refractivity contribution in [2.24, 2.45) is 0 Å². The summed E-state index contributed by atoms with van der Waals surface area (Å²) in [6, 6.07) is 25.6. The van der Waals surface area contributed by atoms with Gasteiger partial charge in [-0.25, -0.2) is 4.98 Å². The molecule has 0 bridgehead atoms. The Balaban J connectivity index is 1.95. The van der Waals surface area contributed by atoms with Gasteiger partial charge in [0.15, 0.2) is 11.4 Å². The molecule has 4 heteroatoms. The van der Waals surface area contributed by atoms with Gasteiger partial charge in [-0.3, -0.25) is 0 Å². The Bertz CT molecular complexity index is 1050. The number of aromatic nitrogens is 2. The molecule has 0 spiro atoms. The summed E-state index contributed by atoms with van der Waals surface area (Å²) in [6.45, 7) is 2.94. The van der Waals surface area contributed by atoms with Crippen LogP contribution in [0.3, 0.4) is 0 Å². The highest BCUT2D eigenvalue weighted by atomic mass is 16.3. The summed E-state index contributed by atoms with van der Waals surface area (Å²) in [6.07, 6.45) is 1.55. The predicted octanol–water partition coefficient (Wildman–Crippen LogP) is 4.27. The summed E-state index contributed by atoms with van der Waals surface area (Å²) in [5, 5.41) is 21.3. The minimum absolute atomic E-state index is 0.179. The lowest BCUT2D eigenvalue weighted by atomic mass is 9.85. The third kappa shape index (κ3) is 3.46. The molecule has 4 nitrogen and oxygen atoms in total. The molecule has 2 N–H and O–H groups in total. The van der Waals surface area contributed by atoms with Crippen LogP contribution in [0.25, 0.3) is 11.0 Å². The Morgan fingerprint density at radius 2 is 1.52 bits per heavy atom. The second kappa shape index (κ2) is 8.19. The van der Waals surface area contributed by atoms with Crippen molar-refractivity contribution < 1.29 is 10.2 Å². The van der Waals surface area contributed by atoms with Crippen molar-refractivity contribution in [3.63, 3.8) is 0 Å². The molecule has 29 heavy (non-hydrogen) atoms. The fourth-order valence-corrected chi connectivity index (χ4v) is 3.99. The number of hydrogen-bond acceptors (Lipinski definition) is 3. The van der Waals surface area contributed by atoms with Crippen LogP contribution >= 0.6 is 0 Å². The van der Waals surface area contributed by atoms with Gasteiger partial charge in [-0.15, -0.1) is 0 Å². The molecular weight excluding hydrogens is 360 g/mol. The summed E-state index contributed by atoms with van der Waals surface area (Å²) in [7, 11) is 0. The van der Waals surface area contributed by atoms with Gasteiger partial charge in [-0.05, 0) is 48.6 Å². The van der Waals surface area contributed by atoms with Crippen molar-refractivity contribution in [2.45, 2.75) is 31.9 Å². The van der Waals surface area contributed by atoms with Gasteiger partial charge in [0.25, 0.3) is 0 Å². The Morgan fingerprint density at radius 1 is 0.897 bits per heavy atom. The minimum atomic E-state index is -1.36. The van der Waals surface area contributed by atoms with Gasteiger partial charge in [-0.1, -0.05) is 66.7 Å². The molecule has 0 fully saturated rings. The third-order valence-corrected chi connectivity index (χ3v) is 5.46. The average Bonchev–Trinajstić information content (AvgIpc) is 3.16. The molecule has 0 saturated carbocycles. The number of imidazole rings is 1. The van der Waals surface area contributed by atoms with E-state index in [2.05, 4.69) is 23.6 Å². The zero-order valence-corrected chi connectivity index (χ0v) is 16.6. The van der Waals surface area contributed by atoms with Gasteiger partial charge in [0.1, 0.15) is 0 Å². The molecule has 0 radical (unpaired) electrons. The highest BCUT2D eigenvalue weighted by Crippen LogP contribution is 2.37. The van der Waals surface area contributed by atoms with Crippen LogP contribution in [-0.4, -0.2) is 26.4 Å². The van der Waals surface area contributed by atoms with Crippen LogP contribution in [-0.2, 0) is 18.6 Å². The molecule has 0 saturated heterocycles. The first-order valence-electron chi connectivity index (χ1n) is 10.1. The second-order valence-electron chi connectivity index (χ2n) is 7.27. The Kier molecular flexibility index (Phi) is 5.47. The van der Waals surface area contributed by atoms with Gasteiger partial charge >= 0.3 is 0 Å². The lowest BCUT2D eigenvalue weighted by Crippen LogP contribution is -2.32. The van der Waals surface area contributed by atoms with E-state index in [0.29, 0.717) is 12.4 Å². The zero-order valence-electron chi connectivity index (χ0n) is 16.6. The molecule has 4 rings (SSSR count). The first kappa shape index (κ1) is 19.4. The van der Waals surface area contributed by atoms with Gasteiger partial charge in [0.2, 0.25) is 0 Å². The SMILES string of the molecule is CCn1c(C(O)(c2ccccc2)c2ccccc2)nc2ccc(CCCO)cc21. The molecule has 0 aliphatic rings. The summed E-state index contributed by atoms with van der Waals surface area (Å²) >= 11 is 0. The van der Waals surface area contributed by atoms with E-state index in [9.17, 15) is 5.11 Å². The highest BCUT2D eigenvalue weighted by Gasteiger charge is 2.38. The van der Waals surface area contributed by atoms with Crippen LogP contribution in [0.15, 0.2) is 78.9 Å². The topological polar surface area (TPSA) is 58.3 Å². The van der Waals surface area contributed by atoms with Crippen molar-refractivity contribution in [3.8, 4) is 0 Å². The lowest BCUT2D eigenvalue weighted by molar-refractivity contribution is 0.112. The van der Waals surface area contributed by atoms with Crippen LogP contribution in [0.2, 0.25) is 0 Å². The van der Waals surface area contributed by atoms with Crippen molar-refractivity contribution in [2.75, 3.05) is 6.61 Å². The monoisotopic (exact) mass is 386 g/mol. The number of nitrogens with zero attached hydrogens (tertiary/aromatic N) is 2. The number of aliphatic hydroxyl groups is 2. The quantitative estimate of drug-likeness (QED) is 0.499. The van der Waals surface area contributed by atoms with E-state index in [1.807, 2.05) is 66.7 Å². The number of rotatable bonds is 7. The van der Waals surface area contributed by atoms with E-state index >= 15 is 0 Å². The smallest absolute Gasteiger partial charge is 0.173 e. The van der Waals surface area contributed by atoms with E-state index in [1.165, 1.54) is 0 Å². The van der Waals surface area contributed by atoms with E-state index in [-0.39, 0.29) is 6.61 Å². The fraction of sp³-hybridized carbons (Fsp3) is 0.240. The third-order valence-electron chi connectivity index (χ3n) is 5.46. The summed E-state index contributed by atoms with van der Waals surface area (Å²) in [5.74, 6) is 0.617. The lowest BCUT2D eigenvalue weighted by Gasteiger charge is -2.29. The van der Waals surface area contributed by atoms with Crippen molar-refractivity contribution in [1.82, 2.24) is 9.55 Å². The molecule has 0 aliphatic heterocycles. The van der Waals surface area contributed by atoms with Crippen molar-refractivity contribution in [1.29, 1.82) is 0 Å². The van der Waals surface area contributed by atoms with Gasteiger partial charge in [0.05, 0.1) is 11.0 Å². The molecule has 4 aromatic rings. The number of aryl methyl sites for hydroxylation is 2. The van der Waals surface area contributed by atoms with E-state index in [1.54, 1.807) is 0 Å². The molecule has 0 unspecified atom stereocenters. The maximum atomic E-state index is 12.1. The normalized spacial score (nSPS) is 11.8. The Morgan fingerprint density at radius 3 is 2.07 bits per heavy atom. The van der Waals surface area contributed by atoms with Crippen LogP contribution < -0.4 is 0 Å². The molecule has 1 aromatic heterocycles. The predicted molar refractivity (Wildman–Crippen MR) is 116 cm³/mol. The van der Waals surface area contributed by atoms with Crippen molar-refractivity contribution in [3.05, 3.63) is 101 Å². The maximum absolute atomic E-state index is 12.1. The number of fused-ring (bicyclic) bond motifs is 1. The zero-order chi connectivity index (χ0) is 20.3. The number of hydrogen-bond donors (Lipinski definition) is 2. The fourth-order valence-electron chi connectivity index (χ4n) is 3.99. The Hall–Kier alpha value is -2.95. The highest BCUT2D eigenvalue weighted by molar-refractivity contribution is 5.77. The second-order valence-corrected chi connectivity index (χ2v) is 7.27. The first-order chi connectivity index (χ1) is 14.2. The van der Waals surface area contributed by atoms with E-state index in [4.69, 9.17) is 10.1 Å². The molecule has 148 valence electrons. The summed E-state index contributed by atoms with van der Waals surface area (Å²) < 4.78 is 2.10. The number of aliphatic hydroxyl groups excluding tert-OH is 1. The molecule has 0 aliphatic carbocycles.